The Morgan fingerprint density at radius 1 is 1.22 bits per heavy atom. The average Bonchev–Trinajstić information content (AvgIpc) is 2.60. The lowest BCUT2D eigenvalue weighted by Crippen LogP contribution is -2.39. The molecular formula is C19H22N2O2. The van der Waals surface area contributed by atoms with E-state index in [0.717, 1.165) is 24.3 Å². The molecule has 0 bridgehead atoms. The molecule has 1 aliphatic heterocycles. The Labute approximate surface area is 136 Å². The zero-order valence-electron chi connectivity index (χ0n) is 13.3. The maximum Gasteiger partial charge on any atom is 0.224 e. The second-order valence-corrected chi connectivity index (χ2v) is 5.78. The van der Waals surface area contributed by atoms with E-state index >= 15 is 0 Å². The molecule has 3 rings (SSSR count). The van der Waals surface area contributed by atoms with Crippen LogP contribution < -0.4 is 15.4 Å². The van der Waals surface area contributed by atoms with Gasteiger partial charge in [0.1, 0.15) is 5.75 Å². The van der Waals surface area contributed by atoms with Crippen molar-refractivity contribution in [3.8, 4) is 5.75 Å². The van der Waals surface area contributed by atoms with Crippen LogP contribution >= 0.6 is 0 Å². The van der Waals surface area contributed by atoms with Crippen molar-refractivity contribution in [2.75, 3.05) is 20.2 Å². The van der Waals surface area contributed by atoms with Gasteiger partial charge in [-0.05, 0) is 41.8 Å². The molecule has 0 fully saturated rings. The summed E-state index contributed by atoms with van der Waals surface area (Å²) in [6.07, 6.45) is 1.44. The molecule has 0 aromatic heterocycles. The van der Waals surface area contributed by atoms with Gasteiger partial charge in [-0.3, -0.25) is 4.79 Å². The normalized spacial score (nSPS) is 16.5. The van der Waals surface area contributed by atoms with Gasteiger partial charge < -0.3 is 15.4 Å². The van der Waals surface area contributed by atoms with Crippen LogP contribution in [0.4, 0.5) is 0 Å². The first kappa shape index (κ1) is 15.6. The van der Waals surface area contributed by atoms with Crippen molar-refractivity contribution >= 4 is 5.91 Å². The summed E-state index contributed by atoms with van der Waals surface area (Å²) in [6.45, 7) is 1.57. The number of fused-ring (bicyclic) bond motifs is 1. The van der Waals surface area contributed by atoms with Crippen LogP contribution in [0.2, 0.25) is 0 Å². The zero-order valence-corrected chi connectivity index (χ0v) is 13.3. The molecule has 1 aliphatic rings. The van der Waals surface area contributed by atoms with Crippen molar-refractivity contribution in [1.82, 2.24) is 10.6 Å². The molecule has 1 amide bonds. The summed E-state index contributed by atoms with van der Waals surface area (Å²) in [6, 6.07) is 16.2. The highest BCUT2D eigenvalue weighted by Gasteiger charge is 2.19. The molecule has 0 radical (unpaired) electrons. The number of carbonyl (C=O) groups excluding carboxylic acids is 1. The van der Waals surface area contributed by atoms with Crippen LogP contribution in [0.1, 0.15) is 22.7 Å². The lowest BCUT2D eigenvalue weighted by atomic mass is 9.94. The Bertz CT molecular complexity index is 667. The van der Waals surface area contributed by atoms with Crippen LogP contribution in [0, 0.1) is 0 Å². The maximum atomic E-state index is 12.2. The van der Waals surface area contributed by atoms with E-state index in [0.29, 0.717) is 13.0 Å². The average molecular weight is 310 g/mol. The fraction of sp³-hybridized carbons (Fsp3) is 0.316. The van der Waals surface area contributed by atoms with Crippen LogP contribution in [0.15, 0.2) is 48.5 Å². The molecule has 0 saturated heterocycles. The minimum Gasteiger partial charge on any atom is -0.497 e. The monoisotopic (exact) mass is 310 g/mol. The summed E-state index contributed by atoms with van der Waals surface area (Å²) in [5, 5.41) is 6.52. The lowest BCUT2D eigenvalue weighted by Gasteiger charge is -2.27. The molecule has 0 saturated carbocycles. The third kappa shape index (κ3) is 3.90. The van der Waals surface area contributed by atoms with E-state index in [-0.39, 0.29) is 11.9 Å². The van der Waals surface area contributed by atoms with Crippen LogP contribution in [-0.4, -0.2) is 26.1 Å². The van der Waals surface area contributed by atoms with E-state index in [2.05, 4.69) is 34.9 Å². The molecule has 4 heteroatoms. The largest absolute Gasteiger partial charge is 0.497 e. The van der Waals surface area contributed by atoms with E-state index < -0.39 is 0 Å². The van der Waals surface area contributed by atoms with Crippen molar-refractivity contribution in [2.45, 2.75) is 18.9 Å². The first-order chi connectivity index (χ1) is 11.3. The van der Waals surface area contributed by atoms with E-state index in [4.69, 9.17) is 4.74 Å². The van der Waals surface area contributed by atoms with Gasteiger partial charge in [-0.25, -0.2) is 0 Å². The van der Waals surface area contributed by atoms with Gasteiger partial charge in [-0.2, -0.15) is 0 Å². The van der Waals surface area contributed by atoms with Gasteiger partial charge in [0.25, 0.3) is 0 Å². The fourth-order valence-corrected chi connectivity index (χ4v) is 2.98. The maximum absolute atomic E-state index is 12.2. The summed E-state index contributed by atoms with van der Waals surface area (Å²) in [7, 11) is 1.64. The fourth-order valence-electron chi connectivity index (χ4n) is 2.98. The van der Waals surface area contributed by atoms with Gasteiger partial charge in [0, 0.05) is 12.6 Å². The Kier molecular flexibility index (Phi) is 4.93. The Morgan fingerprint density at radius 3 is 2.78 bits per heavy atom. The molecule has 2 aromatic rings. The second kappa shape index (κ2) is 7.29. The zero-order chi connectivity index (χ0) is 16.1. The van der Waals surface area contributed by atoms with Gasteiger partial charge in [0.05, 0.1) is 13.5 Å². The molecule has 4 nitrogen and oxygen atoms in total. The van der Waals surface area contributed by atoms with Crippen molar-refractivity contribution in [2.24, 2.45) is 0 Å². The smallest absolute Gasteiger partial charge is 0.224 e. The van der Waals surface area contributed by atoms with Crippen LogP contribution in [0.25, 0.3) is 0 Å². The topological polar surface area (TPSA) is 50.4 Å². The first-order valence-corrected chi connectivity index (χ1v) is 7.97. The summed E-state index contributed by atoms with van der Waals surface area (Å²) in [5.41, 5.74) is 3.66. The number of rotatable bonds is 5. The molecule has 2 N–H and O–H groups in total. The van der Waals surface area contributed by atoms with Crippen LogP contribution in [0.3, 0.4) is 0 Å². The van der Waals surface area contributed by atoms with Gasteiger partial charge in [-0.1, -0.05) is 36.4 Å². The highest BCUT2D eigenvalue weighted by molar-refractivity contribution is 5.78. The van der Waals surface area contributed by atoms with E-state index in [9.17, 15) is 4.79 Å². The Balaban J connectivity index is 1.55. The van der Waals surface area contributed by atoms with Gasteiger partial charge >= 0.3 is 0 Å². The van der Waals surface area contributed by atoms with Crippen molar-refractivity contribution in [1.29, 1.82) is 0 Å². The number of ether oxygens (including phenoxy) is 1. The number of hydrogen-bond donors (Lipinski definition) is 2. The number of benzene rings is 2. The van der Waals surface area contributed by atoms with Crippen molar-refractivity contribution < 1.29 is 9.53 Å². The summed E-state index contributed by atoms with van der Waals surface area (Å²) in [5.74, 6) is 0.845. The van der Waals surface area contributed by atoms with Crippen molar-refractivity contribution in [3.63, 3.8) is 0 Å². The predicted octanol–water partition coefficient (Wildman–Crippen LogP) is 2.24. The second-order valence-electron chi connectivity index (χ2n) is 5.78. The van der Waals surface area contributed by atoms with E-state index in [1.165, 1.54) is 11.1 Å². The van der Waals surface area contributed by atoms with Crippen LogP contribution in [0.5, 0.6) is 5.75 Å². The van der Waals surface area contributed by atoms with Crippen LogP contribution in [-0.2, 0) is 17.6 Å². The quantitative estimate of drug-likeness (QED) is 0.890. The molecule has 1 unspecified atom stereocenters. The first-order valence-electron chi connectivity index (χ1n) is 7.97. The number of carbonyl (C=O) groups is 1. The molecule has 2 aromatic carbocycles. The molecule has 1 atom stereocenters. The lowest BCUT2D eigenvalue weighted by molar-refractivity contribution is -0.120. The molecule has 0 spiro atoms. The number of hydrogen-bond acceptors (Lipinski definition) is 3. The van der Waals surface area contributed by atoms with Crippen molar-refractivity contribution in [3.05, 3.63) is 65.2 Å². The number of amides is 1. The highest BCUT2D eigenvalue weighted by Crippen LogP contribution is 2.21. The molecular weight excluding hydrogens is 288 g/mol. The molecule has 120 valence electrons. The Hall–Kier alpha value is -2.33. The minimum absolute atomic E-state index is 0.0417. The number of nitrogens with one attached hydrogen (secondary N) is 2. The van der Waals surface area contributed by atoms with Gasteiger partial charge in [0.2, 0.25) is 5.91 Å². The standard InChI is InChI=1S/C19H22N2O2/c1-23-16-8-6-14(7-9-16)12-19(22)21-13-18-17-5-3-2-4-15(17)10-11-20-18/h2-9,18,20H,10-13H2,1H3,(H,21,22). The summed E-state index contributed by atoms with van der Waals surface area (Å²) >= 11 is 0. The minimum atomic E-state index is 0.0417. The Morgan fingerprint density at radius 2 is 2.00 bits per heavy atom. The van der Waals surface area contributed by atoms with E-state index in [1.54, 1.807) is 7.11 Å². The number of methoxy groups -OCH3 is 1. The highest BCUT2D eigenvalue weighted by atomic mass is 16.5. The summed E-state index contributed by atoms with van der Waals surface area (Å²) in [4.78, 5) is 12.2. The van der Waals surface area contributed by atoms with Gasteiger partial charge in [0.15, 0.2) is 0 Å². The molecule has 0 aliphatic carbocycles. The summed E-state index contributed by atoms with van der Waals surface area (Å²) < 4.78 is 5.13. The predicted molar refractivity (Wildman–Crippen MR) is 90.6 cm³/mol. The SMILES string of the molecule is COc1ccc(CC(=O)NCC2NCCc3ccccc32)cc1. The third-order valence-electron chi connectivity index (χ3n) is 4.24. The van der Waals surface area contributed by atoms with E-state index in [1.807, 2.05) is 24.3 Å². The third-order valence-corrected chi connectivity index (χ3v) is 4.24. The van der Waals surface area contributed by atoms with Gasteiger partial charge in [-0.15, -0.1) is 0 Å². The molecule has 23 heavy (non-hydrogen) atoms. The molecule has 1 heterocycles.